The first kappa shape index (κ1) is 15.9. The zero-order valence-electron chi connectivity index (χ0n) is 12.4. The maximum atomic E-state index is 12.0. The summed E-state index contributed by atoms with van der Waals surface area (Å²) in [5.41, 5.74) is 1.80. The molecule has 1 heterocycles. The number of non-ortho nitro benzene ring substituents is 1. The Hall–Kier alpha value is -2.99. The van der Waals surface area contributed by atoms with E-state index < -0.39 is 4.92 Å². The summed E-state index contributed by atoms with van der Waals surface area (Å²) in [5, 5.41) is 15.6. The molecule has 0 fully saturated rings. The number of rotatable bonds is 4. The Morgan fingerprint density at radius 3 is 2.42 bits per heavy atom. The van der Waals surface area contributed by atoms with Gasteiger partial charge in [-0.05, 0) is 17.7 Å². The Bertz CT molecular complexity index is 952. The van der Waals surface area contributed by atoms with Crippen LogP contribution in [0.4, 0.5) is 5.69 Å². The van der Waals surface area contributed by atoms with E-state index in [9.17, 15) is 14.9 Å². The molecule has 2 aromatic carbocycles. The quantitative estimate of drug-likeness (QED) is 0.537. The van der Waals surface area contributed by atoms with Gasteiger partial charge in [-0.25, -0.2) is 4.68 Å². The smallest absolute Gasteiger partial charge is 0.268 e. The summed E-state index contributed by atoms with van der Waals surface area (Å²) in [7, 11) is 0. The lowest BCUT2D eigenvalue weighted by Gasteiger charge is -2.08. The molecule has 0 aliphatic rings. The van der Waals surface area contributed by atoms with Crippen LogP contribution in [0.15, 0.2) is 65.5 Å². The second-order valence-electron chi connectivity index (χ2n) is 5.12. The van der Waals surface area contributed by atoms with Crippen LogP contribution >= 0.6 is 11.6 Å². The third kappa shape index (κ3) is 3.33. The van der Waals surface area contributed by atoms with Crippen LogP contribution in [0.2, 0.25) is 5.02 Å². The first-order valence-corrected chi connectivity index (χ1v) is 7.49. The second kappa shape index (κ2) is 6.64. The Balaban J connectivity index is 1.94. The van der Waals surface area contributed by atoms with Crippen LogP contribution in [0, 0.1) is 10.1 Å². The number of nitro groups is 1. The van der Waals surface area contributed by atoms with E-state index in [0.717, 1.165) is 11.1 Å². The molecular formula is C17H12ClN3O3. The summed E-state index contributed by atoms with van der Waals surface area (Å²) in [6.07, 6.45) is 0. The number of halogens is 1. The van der Waals surface area contributed by atoms with E-state index in [-0.39, 0.29) is 17.8 Å². The fraction of sp³-hybridized carbons (Fsp3) is 0.0588. The monoisotopic (exact) mass is 341 g/mol. The zero-order chi connectivity index (χ0) is 17.1. The predicted molar refractivity (Wildman–Crippen MR) is 91.1 cm³/mol. The molecule has 0 radical (unpaired) electrons. The van der Waals surface area contributed by atoms with Crippen molar-refractivity contribution in [1.82, 2.24) is 9.78 Å². The fourth-order valence-electron chi connectivity index (χ4n) is 2.27. The largest absolute Gasteiger partial charge is 0.269 e. The summed E-state index contributed by atoms with van der Waals surface area (Å²) in [6.45, 7) is 0.217. The van der Waals surface area contributed by atoms with Crippen molar-refractivity contribution in [2.75, 3.05) is 0 Å². The van der Waals surface area contributed by atoms with E-state index in [0.29, 0.717) is 10.7 Å². The Kier molecular flexibility index (Phi) is 4.39. The Morgan fingerprint density at radius 2 is 1.75 bits per heavy atom. The molecule has 3 rings (SSSR count). The molecule has 3 aromatic rings. The maximum Gasteiger partial charge on any atom is 0.269 e. The summed E-state index contributed by atoms with van der Waals surface area (Å²) < 4.78 is 1.31. The number of aromatic nitrogens is 2. The molecule has 0 saturated carbocycles. The van der Waals surface area contributed by atoms with E-state index >= 15 is 0 Å². The van der Waals surface area contributed by atoms with Crippen molar-refractivity contribution in [2.45, 2.75) is 6.54 Å². The molecule has 0 unspecified atom stereocenters. The van der Waals surface area contributed by atoms with Crippen molar-refractivity contribution < 1.29 is 4.92 Å². The van der Waals surface area contributed by atoms with Crippen LogP contribution < -0.4 is 5.56 Å². The lowest BCUT2D eigenvalue weighted by Crippen LogP contribution is -2.22. The topological polar surface area (TPSA) is 78.0 Å². The molecule has 0 bridgehead atoms. The second-order valence-corrected chi connectivity index (χ2v) is 5.53. The third-order valence-corrected chi connectivity index (χ3v) is 3.83. The molecule has 0 atom stereocenters. The van der Waals surface area contributed by atoms with Gasteiger partial charge < -0.3 is 0 Å². The SMILES string of the molecule is O=c1ccc(-c2ccccc2Cl)nn1Cc1ccc([N+](=O)[O-])cc1. The molecule has 0 saturated heterocycles. The Labute approximate surface area is 142 Å². The molecule has 0 spiro atoms. The average molecular weight is 342 g/mol. The first-order chi connectivity index (χ1) is 11.5. The summed E-state index contributed by atoms with van der Waals surface area (Å²) in [6, 6.07) is 16.3. The van der Waals surface area contributed by atoms with Gasteiger partial charge in [0.25, 0.3) is 11.2 Å². The van der Waals surface area contributed by atoms with Crippen molar-refractivity contribution in [3.63, 3.8) is 0 Å². The molecule has 24 heavy (non-hydrogen) atoms. The molecule has 0 N–H and O–H groups in total. The minimum Gasteiger partial charge on any atom is -0.268 e. The van der Waals surface area contributed by atoms with E-state index in [2.05, 4.69) is 5.10 Å². The highest BCUT2D eigenvalue weighted by Crippen LogP contribution is 2.25. The molecular weight excluding hydrogens is 330 g/mol. The highest BCUT2D eigenvalue weighted by atomic mass is 35.5. The van der Waals surface area contributed by atoms with Crippen LogP contribution in [0.3, 0.4) is 0 Å². The molecule has 1 aromatic heterocycles. The van der Waals surface area contributed by atoms with Crippen molar-refractivity contribution >= 4 is 17.3 Å². The molecule has 0 aliphatic carbocycles. The van der Waals surface area contributed by atoms with Gasteiger partial charge in [0.15, 0.2) is 0 Å². The van der Waals surface area contributed by atoms with Crippen molar-refractivity contribution in [3.05, 3.63) is 91.7 Å². The normalized spacial score (nSPS) is 10.5. The van der Waals surface area contributed by atoms with Crippen LogP contribution in [-0.2, 0) is 6.54 Å². The minimum atomic E-state index is -0.466. The van der Waals surface area contributed by atoms with E-state index in [1.165, 1.54) is 22.9 Å². The van der Waals surface area contributed by atoms with Crippen molar-refractivity contribution in [1.29, 1.82) is 0 Å². The number of hydrogen-bond donors (Lipinski definition) is 0. The van der Waals surface area contributed by atoms with Gasteiger partial charge in [-0.15, -0.1) is 0 Å². The van der Waals surface area contributed by atoms with E-state index in [4.69, 9.17) is 11.6 Å². The lowest BCUT2D eigenvalue weighted by molar-refractivity contribution is -0.384. The molecule has 0 aliphatic heterocycles. The van der Waals surface area contributed by atoms with Gasteiger partial charge in [0.05, 0.1) is 22.2 Å². The number of benzene rings is 2. The highest BCUT2D eigenvalue weighted by molar-refractivity contribution is 6.33. The van der Waals surface area contributed by atoms with Crippen molar-refractivity contribution in [3.8, 4) is 11.3 Å². The van der Waals surface area contributed by atoms with Crippen LogP contribution in [0.5, 0.6) is 0 Å². The van der Waals surface area contributed by atoms with Gasteiger partial charge in [0.2, 0.25) is 0 Å². The Morgan fingerprint density at radius 1 is 1.04 bits per heavy atom. The highest BCUT2D eigenvalue weighted by Gasteiger charge is 2.08. The van der Waals surface area contributed by atoms with Crippen molar-refractivity contribution in [2.24, 2.45) is 0 Å². The standard InChI is InChI=1S/C17H12ClN3O3/c18-15-4-2-1-3-14(15)16-9-10-17(22)20(19-16)11-12-5-7-13(8-6-12)21(23)24/h1-10H,11H2. The average Bonchev–Trinajstić information content (AvgIpc) is 2.58. The van der Waals surface area contributed by atoms with Crippen LogP contribution in [0.25, 0.3) is 11.3 Å². The summed E-state index contributed by atoms with van der Waals surface area (Å²) in [4.78, 5) is 22.2. The van der Waals surface area contributed by atoms with Gasteiger partial charge in [-0.2, -0.15) is 5.10 Å². The van der Waals surface area contributed by atoms with E-state index in [1.54, 1.807) is 24.3 Å². The molecule has 6 nitrogen and oxygen atoms in total. The number of hydrogen-bond acceptors (Lipinski definition) is 4. The van der Waals surface area contributed by atoms with Gasteiger partial charge in [0.1, 0.15) is 0 Å². The van der Waals surface area contributed by atoms with Crippen LogP contribution in [0.1, 0.15) is 5.56 Å². The maximum absolute atomic E-state index is 12.0. The summed E-state index contributed by atoms with van der Waals surface area (Å²) >= 11 is 6.17. The minimum absolute atomic E-state index is 0.00359. The van der Waals surface area contributed by atoms with E-state index in [1.807, 2.05) is 18.2 Å². The molecule has 7 heteroatoms. The predicted octanol–water partition coefficient (Wildman–Crippen LogP) is 3.52. The molecule has 120 valence electrons. The number of nitro benzene ring substituents is 1. The lowest BCUT2D eigenvalue weighted by atomic mass is 10.1. The fourth-order valence-corrected chi connectivity index (χ4v) is 2.50. The van der Waals surface area contributed by atoms with Crippen LogP contribution in [-0.4, -0.2) is 14.7 Å². The number of nitrogens with zero attached hydrogens (tertiary/aromatic N) is 3. The van der Waals surface area contributed by atoms with Gasteiger partial charge in [0, 0.05) is 23.8 Å². The molecule has 0 amide bonds. The first-order valence-electron chi connectivity index (χ1n) is 7.11. The van der Waals surface area contributed by atoms with Gasteiger partial charge in [-0.1, -0.05) is 41.9 Å². The third-order valence-electron chi connectivity index (χ3n) is 3.50. The van der Waals surface area contributed by atoms with Gasteiger partial charge >= 0.3 is 0 Å². The summed E-state index contributed by atoms with van der Waals surface area (Å²) in [5.74, 6) is 0. The zero-order valence-corrected chi connectivity index (χ0v) is 13.2. The van der Waals surface area contributed by atoms with Gasteiger partial charge in [-0.3, -0.25) is 14.9 Å².